The number of carbonyl (C=O) groups excluding carboxylic acids is 1. The first-order chi connectivity index (χ1) is 10.4. The topological polar surface area (TPSA) is 114 Å². The summed E-state index contributed by atoms with van der Waals surface area (Å²) >= 11 is 0. The maximum absolute atomic E-state index is 12.0. The van der Waals surface area contributed by atoms with Gasteiger partial charge in [0.15, 0.2) is 0 Å². The van der Waals surface area contributed by atoms with Gasteiger partial charge in [-0.3, -0.25) is 4.79 Å². The Kier molecular flexibility index (Phi) is 4.74. The van der Waals surface area contributed by atoms with Crippen LogP contribution in [0.1, 0.15) is 15.9 Å². The third kappa shape index (κ3) is 4.03. The largest absolute Gasteiger partial charge is 0.373 e. The Balaban J connectivity index is 2.02. The van der Waals surface area contributed by atoms with Crippen molar-refractivity contribution in [3.05, 3.63) is 53.7 Å². The van der Waals surface area contributed by atoms with Crippen molar-refractivity contribution in [2.75, 3.05) is 12.4 Å². The minimum atomic E-state index is -3.70. The number of amides is 1. The first-order valence-electron chi connectivity index (χ1n) is 6.44. The molecule has 8 heteroatoms. The van der Waals surface area contributed by atoms with Gasteiger partial charge < -0.3 is 10.6 Å². The molecule has 0 aliphatic heterocycles. The SMILES string of the molecule is CNc1cc(C(=O)NCc2ccc(S(N)(=O)=O)cc2)ccn1. The van der Waals surface area contributed by atoms with Gasteiger partial charge in [0.2, 0.25) is 10.0 Å². The summed E-state index contributed by atoms with van der Waals surface area (Å²) in [6, 6.07) is 9.27. The second-order valence-electron chi connectivity index (χ2n) is 4.55. The molecule has 2 rings (SSSR count). The minimum absolute atomic E-state index is 0.0374. The number of pyridine rings is 1. The minimum Gasteiger partial charge on any atom is -0.373 e. The molecule has 0 saturated heterocycles. The number of primary sulfonamides is 1. The standard InChI is InChI=1S/C14H16N4O3S/c1-16-13-8-11(6-7-17-13)14(19)18-9-10-2-4-12(5-3-10)22(15,20)21/h2-8H,9H2,1H3,(H,16,17)(H,18,19)(H2,15,20,21). The third-order valence-electron chi connectivity index (χ3n) is 2.98. The van der Waals surface area contributed by atoms with Gasteiger partial charge in [-0.2, -0.15) is 0 Å². The van der Waals surface area contributed by atoms with Crippen LogP contribution in [0.2, 0.25) is 0 Å². The van der Waals surface area contributed by atoms with Gasteiger partial charge in [-0.15, -0.1) is 0 Å². The van der Waals surface area contributed by atoms with Gasteiger partial charge in [0.05, 0.1) is 4.90 Å². The molecule has 0 saturated carbocycles. The molecule has 0 bridgehead atoms. The van der Waals surface area contributed by atoms with Crippen molar-refractivity contribution < 1.29 is 13.2 Å². The lowest BCUT2D eigenvalue weighted by Gasteiger charge is -2.07. The summed E-state index contributed by atoms with van der Waals surface area (Å²) < 4.78 is 22.3. The summed E-state index contributed by atoms with van der Waals surface area (Å²) in [6.07, 6.45) is 1.54. The van der Waals surface area contributed by atoms with E-state index < -0.39 is 10.0 Å². The van der Waals surface area contributed by atoms with E-state index in [9.17, 15) is 13.2 Å². The second kappa shape index (κ2) is 6.54. The number of hydrogen-bond donors (Lipinski definition) is 3. The Morgan fingerprint density at radius 1 is 1.23 bits per heavy atom. The lowest BCUT2D eigenvalue weighted by Crippen LogP contribution is -2.23. The number of rotatable bonds is 5. The van der Waals surface area contributed by atoms with E-state index in [2.05, 4.69) is 15.6 Å². The number of nitrogens with one attached hydrogen (secondary N) is 2. The second-order valence-corrected chi connectivity index (χ2v) is 6.11. The molecule has 1 aromatic carbocycles. The summed E-state index contributed by atoms with van der Waals surface area (Å²) in [5.74, 6) is 0.361. The summed E-state index contributed by atoms with van der Waals surface area (Å²) in [7, 11) is -1.98. The highest BCUT2D eigenvalue weighted by molar-refractivity contribution is 7.89. The van der Waals surface area contributed by atoms with E-state index in [1.807, 2.05) is 0 Å². The molecule has 2 aromatic rings. The molecular weight excluding hydrogens is 304 g/mol. The Bertz CT molecular complexity index is 773. The molecule has 0 aliphatic rings. The van der Waals surface area contributed by atoms with Crippen LogP contribution in [-0.2, 0) is 16.6 Å². The van der Waals surface area contributed by atoms with Gasteiger partial charge in [-0.25, -0.2) is 18.5 Å². The molecule has 0 spiro atoms. The maximum atomic E-state index is 12.0. The molecule has 4 N–H and O–H groups in total. The van der Waals surface area contributed by atoms with Crippen molar-refractivity contribution >= 4 is 21.7 Å². The van der Waals surface area contributed by atoms with Crippen molar-refractivity contribution in [1.29, 1.82) is 0 Å². The number of anilines is 1. The lowest BCUT2D eigenvalue weighted by molar-refractivity contribution is 0.0951. The zero-order valence-corrected chi connectivity index (χ0v) is 12.7. The summed E-state index contributed by atoms with van der Waals surface area (Å²) in [5.41, 5.74) is 1.25. The van der Waals surface area contributed by atoms with E-state index in [4.69, 9.17) is 5.14 Å². The Morgan fingerprint density at radius 3 is 2.50 bits per heavy atom. The average molecular weight is 320 g/mol. The van der Waals surface area contributed by atoms with Gasteiger partial charge in [0, 0.05) is 25.4 Å². The normalized spacial score (nSPS) is 11.0. The third-order valence-corrected chi connectivity index (χ3v) is 3.91. The highest BCUT2D eigenvalue weighted by Gasteiger charge is 2.08. The molecule has 0 radical (unpaired) electrons. The summed E-state index contributed by atoms with van der Waals surface area (Å²) in [4.78, 5) is 16.1. The highest BCUT2D eigenvalue weighted by Crippen LogP contribution is 2.09. The van der Waals surface area contributed by atoms with Gasteiger partial charge in [0.1, 0.15) is 5.82 Å². The van der Waals surface area contributed by atoms with Gasteiger partial charge in [-0.1, -0.05) is 12.1 Å². The van der Waals surface area contributed by atoms with E-state index in [-0.39, 0.29) is 17.3 Å². The smallest absolute Gasteiger partial charge is 0.251 e. The van der Waals surface area contributed by atoms with E-state index in [0.29, 0.717) is 11.4 Å². The van der Waals surface area contributed by atoms with Crippen molar-refractivity contribution in [2.45, 2.75) is 11.4 Å². The van der Waals surface area contributed by atoms with Crippen LogP contribution in [0.5, 0.6) is 0 Å². The molecule has 0 atom stereocenters. The fourth-order valence-corrected chi connectivity index (χ4v) is 2.31. The van der Waals surface area contributed by atoms with Crippen molar-refractivity contribution in [1.82, 2.24) is 10.3 Å². The van der Waals surface area contributed by atoms with E-state index >= 15 is 0 Å². The zero-order chi connectivity index (χ0) is 16.2. The van der Waals surface area contributed by atoms with Crippen LogP contribution < -0.4 is 15.8 Å². The monoisotopic (exact) mass is 320 g/mol. The fraction of sp³-hybridized carbons (Fsp3) is 0.143. The van der Waals surface area contributed by atoms with Gasteiger partial charge >= 0.3 is 0 Å². The summed E-state index contributed by atoms with van der Waals surface area (Å²) in [5, 5.41) is 10.6. The number of aromatic nitrogens is 1. The van der Waals surface area contributed by atoms with Crippen LogP contribution in [0, 0.1) is 0 Å². The average Bonchev–Trinajstić information content (AvgIpc) is 2.52. The lowest BCUT2D eigenvalue weighted by atomic mass is 10.2. The molecule has 22 heavy (non-hydrogen) atoms. The molecular formula is C14H16N4O3S. The number of hydrogen-bond acceptors (Lipinski definition) is 5. The van der Waals surface area contributed by atoms with Crippen LogP contribution in [-0.4, -0.2) is 26.4 Å². The van der Waals surface area contributed by atoms with E-state index in [0.717, 1.165) is 5.56 Å². The predicted molar refractivity (Wildman–Crippen MR) is 82.8 cm³/mol. The molecule has 1 amide bonds. The van der Waals surface area contributed by atoms with Crippen LogP contribution in [0.25, 0.3) is 0 Å². The number of nitrogens with two attached hydrogens (primary N) is 1. The molecule has 1 heterocycles. The molecule has 0 fully saturated rings. The van der Waals surface area contributed by atoms with Crippen molar-refractivity contribution in [2.24, 2.45) is 5.14 Å². The van der Waals surface area contributed by atoms with Gasteiger partial charge in [0.25, 0.3) is 5.91 Å². The van der Waals surface area contributed by atoms with Crippen LogP contribution in [0.3, 0.4) is 0 Å². The molecule has 0 unspecified atom stereocenters. The fourth-order valence-electron chi connectivity index (χ4n) is 1.79. The first kappa shape index (κ1) is 15.9. The number of nitrogens with zero attached hydrogens (tertiary/aromatic N) is 1. The number of carbonyl (C=O) groups is 1. The van der Waals surface area contributed by atoms with Crippen LogP contribution in [0.4, 0.5) is 5.82 Å². The molecule has 116 valence electrons. The quantitative estimate of drug-likeness (QED) is 0.750. The maximum Gasteiger partial charge on any atom is 0.251 e. The van der Waals surface area contributed by atoms with Crippen LogP contribution in [0.15, 0.2) is 47.5 Å². The number of benzene rings is 1. The van der Waals surface area contributed by atoms with Gasteiger partial charge in [-0.05, 0) is 29.8 Å². The zero-order valence-electron chi connectivity index (χ0n) is 11.9. The van der Waals surface area contributed by atoms with E-state index in [1.165, 1.54) is 12.1 Å². The highest BCUT2D eigenvalue weighted by atomic mass is 32.2. The van der Waals surface area contributed by atoms with E-state index in [1.54, 1.807) is 37.5 Å². The summed E-state index contributed by atoms with van der Waals surface area (Å²) in [6.45, 7) is 0.279. The molecule has 0 aliphatic carbocycles. The molecule has 1 aromatic heterocycles. The van der Waals surface area contributed by atoms with Crippen LogP contribution >= 0.6 is 0 Å². The Hall–Kier alpha value is -2.45. The van der Waals surface area contributed by atoms with Crippen molar-refractivity contribution in [3.63, 3.8) is 0 Å². The Morgan fingerprint density at radius 2 is 1.91 bits per heavy atom. The predicted octanol–water partition coefficient (Wildman–Crippen LogP) is 0.701. The molecule has 7 nitrogen and oxygen atoms in total. The Labute approximate surface area is 128 Å². The first-order valence-corrected chi connectivity index (χ1v) is 7.98. The van der Waals surface area contributed by atoms with Crippen molar-refractivity contribution in [3.8, 4) is 0 Å². The number of sulfonamides is 1.